The van der Waals surface area contributed by atoms with Crippen LogP contribution in [-0.4, -0.2) is 16.6 Å². The van der Waals surface area contributed by atoms with Gasteiger partial charge in [-0.2, -0.15) is 0 Å². The SMILES string of the molecule is CC(C)(C)NC(=O)c1ccc(Br)cc1O. The van der Waals surface area contributed by atoms with Crippen molar-refractivity contribution >= 4 is 21.8 Å². The molecule has 0 aliphatic rings. The third kappa shape index (κ3) is 3.55. The van der Waals surface area contributed by atoms with E-state index in [4.69, 9.17) is 0 Å². The highest BCUT2D eigenvalue weighted by atomic mass is 79.9. The molecule has 15 heavy (non-hydrogen) atoms. The first-order valence-corrected chi connectivity index (χ1v) is 5.40. The lowest BCUT2D eigenvalue weighted by molar-refractivity contribution is 0.0917. The zero-order valence-electron chi connectivity index (χ0n) is 8.97. The molecule has 1 aromatic carbocycles. The van der Waals surface area contributed by atoms with Crippen LogP contribution >= 0.6 is 15.9 Å². The Morgan fingerprint density at radius 2 is 2.00 bits per heavy atom. The highest BCUT2D eigenvalue weighted by molar-refractivity contribution is 9.10. The van der Waals surface area contributed by atoms with Crippen molar-refractivity contribution in [2.45, 2.75) is 26.3 Å². The van der Waals surface area contributed by atoms with Gasteiger partial charge in [0.2, 0.25) is 0 Å². The summed E-state index contributed by atoms with van der Waals surface area (Å²) >= 11 is 3.22. The summed E-state index contributed by atoms with van der Waals surface area (Å²) in [7, 11) is 0. The second-order valence-corrected chi connectivity index (χ2v) is 5.28. The summed E-state index contributed by atoms with van der Waals surface area (Å²) < 4.78 is 0.743. The average molecular weight is 272 g/mol. The lowest BCUT2D eigenvalue weighted by Gasteiger charge is -2.20. The van der Waals surface area contributed by atoms with E-state index in [0.717, 1.165) is 4.47 Å². The summed E-state index contributed by atoms with van der Waals surface area (Å²) in [6, 6.07) is 4.80. The van der Waals surface area contributed by atoms with E-state index in [1.165, 1.54) is 6.07 Å². The molecule has 0 aliphatic heterocycles. The van der Waals surface area contributed by atoms with Crippen molar-refractivity contribution in [1.82, 2.24) is 5.32 Å². The molecular weight excluding hydrogens is 258 g/mol. The summed E-state index contributed by atoms with van der Waals surface area (Å²) in [5.74, 6) is -0.293. The summed E-state index contributed by atoms with van der Waals surface area (Å²) in [4.78, 5) is 11.7. The third-order valence-corrected chi connectivity index (χ3v) is 2.19. The predicted octanol–water partition coefficient (Wildman–Crippen LogP) is 2.68. The van der Waals surface area contributed by atoms with Crippen LogP contribution in [0, 0.1) is 0 Å². The number of aromatic hydroxyl groups is 1. The number of nitrogens with one attached hydrogen (secondary N) is 1. The summed E-state index contributed by atoms with van der Waals surface area (Å²) in [5.41, 5.74) is -0.0236. The van der Waals surface area contributed by atoms with Crippen LogP contribution in [0.5, 0.6) is 5.75 Å². The molecule has 0 aromatic heterocycles. The minimum atomic E-state index is -0.309. The van der Waals surface area contributed by atoms with E-state index in [1.807, 2.05) is 20.8 Å². The lowest BCUT2D eigenvalue weighted by atomic mass is 10.1. The molecule has 0 bridgehead atoms. The molecule has 4 heteroatoms. The molecule has 0 radical (unpaired) electrons. The minimum Gasteiger partial charge on any atom is -0.507 e. The largest absolute Gasteiger partial charge is 0.507 e. The molecule has 2 N–H and O–H groups in total. The average Bonchev–Trinajstić information content (AvgIpc) is 1.99. The molecule has 0 heterocycles. The Morgan fingerprint density at radius 1 is 1.40 bits per heavy atom. The van der Waals surface area contributed by atoms with E-state index in [-0.39, 0.29) is 22.8 Å². The van der Waals surface area contributed by atoms with Crippen LogP contribution in [0.3, 0.4) is 0 Å². The van der Waals surface area contributed by atoms with Crippen LogP contribution in [0.25, 0.3) is 0 Å². The summed E-state index contributed by atoms with van der Waals surface area (Å²) in [6.07, 6.45) is 0. The molecule has 0 atom stereocenters. The maximum Gasteiger partial charge on any atom is 0.255 e. The van der Waals surface area contributed by atoms with E-state index < -0.39 is 0 Å². The first-order chi connectivity index (χ1) is 6.79. The maximum absolute atomic E-state index is 11.7. The number of amides is 1. The van der Waals surface area contributed by atoms with Crippen molar-refractivity contribution in [3.8, 4) is 5.75 Å². The van der Waals surface area contributed by atoms with Gasteiger partial charge in [0.1, 0.15) is 5.75 Å². The maximum atomic E-state index is 11.7. The van der Waals surface area contributed by atoms with E-state index in [0.29, 0.717) is 0 Å². The Hall–Kier alpha value is -1.03. The molecule has 1 rings (SSSR count). The van der Waals surface area contributed by atoms with Crippen molar-refractivity contribution in [1.29, 1.82) is 0 Å². The van der Waals surface area contributed by atoms with E-state index in [9.17, 15) is 9.90 Å². The van der Waals surface area contributed by atoms with Gasteiger partial charge in [0.05, 0.1) is 5.56 Å². The fourth-order valence-corrected chi connectivity index (χ4v) is 1.45. The van der Waals surface area contributed by atoms with Crippen LogP contribution < -0.4 is 5.32 Å². The predicted molar refractivity (Wildman–Crippen MR) is 63.0 cm³/mol. The van der Waals surface area contributed by atoms with Gasteiger partial charge in [0.25, 0.3) is 5.91 Å². The Bertz CT molecular complexity index is 383. The Morgan fingerprint density at radius 3 is 2.47 bits per heavy atom. The van der Waals surface area contributed by atoms with Crippen LogP contribution in [0.15, 0.2) is 22.7 Å². The molecule has 1 aromatic rings. The number of carbonyl (C=O) groups is 1. The Kier molecular flexibility index (Phi) is 3.39. The minimum absolute atomic E-state index is 0.0221. The normalized spacial score (nSPS) is 11.2. The zero-order chi connectivity index (χ0) is 11.6. The van der Waals surface area contributed by atoms with Gasteiger partial charge in [-0.05, 0) is 39.0 Å². The van der Waals surface area contributed by atoms with Gasteiger partial charge in [-0.3, -0.25) is 4.79 Å². The number of phenols is 1. The summed E-state index contributed by atoms with van der Waals surface area (Å²) in [6.45, 7) is 5.67. The van der Waals surface area contributed by atoms with Gasteiger partial charge in [-0.1, -0.05) is 15.9 Å². The van der Waals surface area contributed by atoms with Crippen molar-refractivity contribution in [3.63, 3.8) is 0 Å². The van der Waals surface area contributed by atoms with Gasteiger partial charge in [-0.25, -0.2) is 0 Å². The molecule has 3 nitrogen and oxygen atoms in total. The smallest absolute Gasteiger partial charge is 0.255 e. The number of rotatable bonds is 1. The molecule has 1 amide bonds. The number of hydrogen-bond donors (Lipinski definition) is 2. The topological polar surface area (TPSA) is 49.3 Å². The zero-order valence-corrected chi connectivity index (χ0v) is 10.6. The summed E-state index contributed by atoms with van der Waals surface area (Å²) in [5, 5.41) is 12.3. The standard InChI is InChI=1S/C11H14BrNO2/c1-11(2,3)13-10(15)8-5-4-7(12)6-9(8)14/h4-6,14H,1-3H3,(H,13,15). The molecule has 0 aliphatic carbocycles. The van der Waals surface area contributed by atoms with Gasteiger partial charge in [0.15, 0.2) is 0 Å². The second-order valence-electron chi connectivity index (χ2n) is 4.37. The Labute approximate surface area is 97.6 Å². The highest BCUT2D eigenvalue weighted by Crippen LogP contribution is 2.22. The van der Waals surface area contributed by atoms with E-state index in [1.54, 1.807) is 12.1 Å². The van der Waals surface area contributed by atoms with E-state index >= 15 is 0 Å². The van der Waals surface area contributed by atoms with Crippen LogP contribution in [-0.2, 0) is 0 Å². The Balaban J connectivity index is 2.92. The lowest BCUT2D eigenvalue weighted by Crippen LogP contribution is -2.40. The number of benzene rings is 1. The number of halogens is 1. The molecule has 0 saturated carbocycles. The molecule has 0 spiro atoms. The quantitative estimate of drug-likeness (QED) is 0.825. The van der Waals surface area contributed by atoms with Crippen molar-refractivity contribution in [2.24, 2.45) is 0 Å². The monoisotopic (exact) mass is 271 g/mol. The van der Waals surface area contributed by atoms with Gasteiger partial charge in [0, 0.05) is 10.0 Å². The second kappa shape index (κ2) is 4.23. The van der Waals surface area contributed by atoms with Gasteiger partial charge < -0.3 is 10.4 Å². The van der Waals surface area contributed by atoms with Gasteiger partial charge in [-0.15, -0.1) is 0 Å². The van der Waals surface area contributed by atoms with Gasteiger partial charge >= 0.3 is 0 Å². The van der Waals surface area contributed by atoms with Crippen LogP contribution in [0.2, 0.25) is 0 Å². The van der Waals surface area contributed by atoms with Crippen molar-refractivity contribution in [3.05, 3.63) is 28.2 Å². The number of phenolic OH excluding ortho intramolecular Hbond substituents is 1. The third-order valence-electron chi connectivity index (χ3n) is 1.69. The first-order valence-electron chi connectivity index (χ1n) is 4.60. The van der Waals surface area contributed by atoms with E-state index in [2.05, 4.69) is 21.2 Å². The fourth-order valence-electron chi connectivity index (χ4n) is 1.10. The van der Waals surface area contributed by atoms with Crippen molar-refractivity contribution < 1.29 is 9.90 Å². The molecule has 0 saturated heterocycles. The molecule has 0 fully saturated rings. The number of hydrogen-bond acceptors (Lipinski definition) is 2. The number of carbonyl (C=O) groups excluding carboxylic acids is 1. The molecular formula is C11H14BrNO2. The first kappa shape index (κ1) is 12.0. The van der Waals surface area contributed by atoms with Crippen molar-refractivity contribution in [2.75, 3.05) is 0 Å². The molecule has 0 unspecified atom stereocenters. The van der Waals surface area contributed by atoms with Crippen LogP contribution in [0.1, 0.15) is 31.1 Å². The van der Waals surface area contributed by atoms with Crippen LogP contribution in [0.4, 0.5) is 0 Å². The molecule has 82 valence electrons. The highest BCUT2D eigenvalue weighted by Gasteiger charge is 2.17. The fraction of sp³-hybridized carbons (Fsp3) is 0.364.